The average Bonchev–Trinajstić information content (AvgIpc) is 2.19. The standard InChI is InChI=1S/C10H9N3O3/c11-6-4-2-1-3-5(6)7-8(14)12-10(16)13-9(7)15/h1-4,7H,11H2,(H2,12,13,14,15,16). The monoisotopic (exact) mass is 219 g/mol. The van der Waals surface area contributed by atoms with Gasteiger partial charge in [-0.25, -0.2) is 4.79 Å². The van der Waals surface area contributed by atoms with Gasteiger partial charge in [0.1, 0.15) is 5.92 Å². The lowest BCUT2D eigenvalue weighted by molar-refractivity contribution is -0.132. The van der Waals surface area contributed by atoms with E-state index in [-0.39, 0.29) is 0 Å². The minimum Gasteiger partial charge on any atom is -0.398 e. The SMILES string of the molecule is Nc1ccccc1C1C(=O)NC(=O)NC1=O. The molecule has 1 aliphatic rings. The van der Waals surface area contributed by atoms with Crippen molar-refractivity contribution in [3.8, 4) is 0 Å². The van der Waals surface area contributed by atoms with Crippen LogP contribution in [0.25, 0.3) is 0 Å². The van der Waals surface area contributed by atoms with Gasteiger partial charge in [-0.3, -0.25) is 20.2 Å². The van der Waals surface area contributed by atoms with Crippen molar-refractivity contribution in [3.63, 3.8) is 0 Å². The topological polar surface area (TPSA) is 101 Å². The predicted molar refractivity (Wildman–Crippen MR) is 55.3 cm³/mol. The fraction of sp³-hybridized carbons (Fsp3) is 0.100. The third-order valence-corrected chi connectivity index (χ3v) is 2.30. The van der Waals surface area contributed by atoms with E-state index in [2.05, 4.69) is 0 Å². The Bertz CT molecular complexity index is 464. The molecule has 4 amide bonds. The van der Waals surface area contributed by atoms with Gasteiger partial charge >= 0.3 is 6.03 Å². The number of nitrogen functional groups attached to an aromatic ring is 1. The van der Waals surface area contributed by atoms with Crippen molar-refractivity contribution < 1.29 is 14.4 Å². The number of nitrogens with two attached hydrogens (primary N) is 1. The van der Waals surface area contributed by atoms with Crippen molar-refractivity contribution in [2.75, 3.05) is 5.73 Å². The quantitative estimate of drug-likeness (QED) is 0.446. The van der Waals surface area contributed by atoms with Gasteiger partial charge in [-0.05, 0) is 11.6 Å². The molecule has 6 nitrogen and oxygen atoms in total. The number of barbiturate groups is 1. The van der Waals surface area contributed by atoms with Crippen molar-refractivity contribution in [2.45, 2.75) is 5.92 Å². The number of rotatable bonds is 1. The fourth-order valence-corrected chi connectivity index (χ4v) is 1.57. The van der Waals surface area contributed by atoms with Crippen LogP contribution in [-0.4, -0.2) is 17.8 Å². The molecule has 0 aromatic heterocycles. The van der Waals surface area contributed by atoms with Crippen LogP contribution in [0.15, 0.2) is 24.3 Å². The van der Waals surface area contributed by atoms with Gasteiger partial charge in [0.05, 0.1) is 0 Å². The second-order valence-corrected chi connectivity index (χ2v) is 3.37. The molecule has 0 atom stereocenters. The van der Waals surface area contributed by atoms with E-state index >= 15 is 0 Å². The van der Waals surface area contributed by atoms with E-state index in [1.165, 1.54) is 0 Å². The number of hydrogen-bond acceptors (Lipinski definition) is 4. The fourth-order valence-electron chi connectivity index (χ4n) is 1.57. The highest BCUT2D eigenvalue weighted by Crippen LogP contribution is 2.23. The summed E-state index contributed by atoms with van der Waals surface area (Å²) in [5.41, 5.74) is 6.40. The molecule has 0 aliphatic carbocycles. The van der Waals surface area contributed by atoms with Gasteiger partial charge in [-0.2, -0.15) is 0 Å². The summed E-state index contributed by atoms with van der Waals surface area (Å²) in [6.45, 7) is 0. The summed E-state index contributed by atoms with van der Waals surface area (Å²) in [6.07, 6.45) is 0. The first-order chi connectivity index (χ1) is 7.59. The molecule has 16 heavy (non-hydrogen) atoms. The minimum atomic E-state index is -1.07. The zero-order valence-electron chi connectivity index (χ0n) is 8.19. The van der Waals surface area contributed by atoms with Crippen LogP contribution >= 0.6 is 0 Å². The largest absolute Gasteiger partial charge is 0.398 e. The highest BCUT2D eigenvalue weighted by Gasteiger charge is 2.36. The molecule has 1 aromatic carbocycles. The number of urea groups is 1. The van der Waals surface area contributed by atoms with Gasteiger partial charge in [-0.15, -0.1) is 0 Å². The number of carbonyl (C=O) groups is 3. The van der Waals surface area contributed by atoms with E-state index in [1.54, 1.807) is 24.3 Å². The van der Waals surface area contributed by atoms with Crippen LogP contribution in [0.3, 0.4) is 0 Å². The molecule has 0 unspecified atom stereocenters. The Balaban J connectivity index is 2.41. The van der Waals surface area contributed by atoms with Gasteiger partial charge in [0.25, 0.3) is 0 Å². The van der Waals surface area contributed by atoms with Crippen molar-refractivity contribution >= 4 is 23.5 Å². The van der Waals surface area contributed by atoms with Crippen LogP contribution in [0.2, 0.25) is 0 Å². The summed E-state index contributed by atoms with van der Waals surface area (Å²) >= 11 is 0. The Morgan fingerprint density at radius 1 is 1.00 bits per heavy atom. The summed E-state index contributed by atoms with van der Waals surface area (Å²) in [4.78, 5) is 33.9. The second-order valence-electron chi connectivity index (χ2n) is 3.37. The van der Waals surface area contributed by atoms with E-state index in [9.17, 15) is 14.4 Å². The molecule has 82 valence electrons. The molecule has 0 bridgehead atoms. The number of carbonyl (C=O) groups excluding carboxylic acids is 3. The maximum absolute atomic E-state index is 11.5. The molecule has 4 N–H and O–H groups in total. The third kappa shape index (κ3) is 1.60. The Labute approximate surface area is 90.8 Å². The molecule has 0 radical (unpaired) electrons. The van der Waals surface area contributed by atoms with Crippen LogP contribution in [0.5, 0.6) is 0 Å². The van der Waals surface area contributed by atoms with Crippen LogP contribution in [0.1, 0.15) is 11.5 Å². The molecule has 6 heteroatoms. The number of anilines is 1. The second kappa shape index (κ2) is 3.65. The maximum atomic E-state index is 11.5. The smallest absolute Gasteiger partial charge is 0.328 e. The zero-order chi connectivity index (χ0) is 11.7. The number of para-hydroxylation sites is 1. The molecular formula is C10H9N3O3. The Morgan fingerprint density at radius 2 is 1.56 bits per heavy atom. The van der Waals surface area contributed by atoms with E-state index in [0.717, 1.165) is 0 Å². The predicted octanol–water partition coefficient (Wildman–Crippen LogP) is -0.282. The molecule has 1 aromatic rings. The minimum absolute atomic E-state index is 0.340. The molecule has 1 heterocycles. The van der Waals surface area contributed by atoms with E-state index in [1.807, 2.05) is 10.6 Å². The summed E-state index contributed by atoms with van der Waals surface area (Å²) in [6, 6.07) is 5.73. The van der Waals surface area contributed by atoms with Gasteiger partial charge in [0.15, 0.2) is 0 Å². The van der Waals surface area contributed by atoms with Crippen molar-refractivity contribution in [1.29, 1.82) is 0 Å². The summed E-state index contributed by atoms with van der Waals surface area (Å²) in [7, 11) is 0. The molecule has 1 aliphatic heterocycles. The van der Waals surface area contributed by atoms with Crippen molar-refractivity contribution in [2.24, 2.45) is 0 Å². The Morgan fingerprint density at radius 3 is 2.12 bits per heavy atom. The Kier molecular flexibility index (Phi) is 2.32. The first-order valence-corrected chi connectivity index (χ1v) is 4.59. The first-order valence-electron chi connectivity index (χ1n) is 4.59. The lowest BCUT2D eigenvalue weighted by atomic mass is 9.94. The molecule has 1 fully saturated rings. The normalized spacial score (nSPS) is 16.9. The van der Waals surface area contributed by atoms with Gasteiger partial charge < -0.3 is 5.73 Å². The number of nitrogens with one attached hydrogen (secondary N) is 2. The van der Waals surface area contributed by atoms with Crippen LogP contribution in [0.4, 0.5) is 10.5 Å². The zero-order valence-corrected chi connectivity index (χ0v) is 8.19. The number of imide groups is 2. The summed E-state index contributed by atoms with van der Waals surface area (Å²) in [5.74, 6) is -2.39. The number of amides is 4. The van der Waals surface area contributed by atoms with Crippen LogP contribution in [0, 0.1) is 0 Å². The van der Waals surface area contributed by atoms with Gasteiger partial charge in [0, 0.05) is 5.69 Å². The maximum Gasteiger partial charge on any atom is 0.328 e. The average molecular weight is 219 g/mol. The highest BCUT2D eigenvalue weighted by molar-refractivity contribution is 6.19. The summed E-state index contributed by atoms with van der Waals surface area (Å²) < 4.78 is 0. The molecular weight excluding hydrogens is 210 g/mol. The van der Waals surface area contributed by atoms with E-state index in [0.29, 0.717) is 11.3 Å². The molecule has 2 rings (SSSR count). The number of benzene rings is 1. The van der Waals surface area contributed by atoms with E-state index in [4.69, 9.17) is 5.73 Å². The highest BCUT2D eigenvalue weighted by atomic mass is 16.2. The lowest BCUT2D eigenvalue weighted by Crippen LogP contribution is -2.54. The molecule has 1 saturated heterocycles. The number of hydrogen-bond donors (Lipinski definition) is 3. The Hall–Kier alpha value is -2.37. The van der Waals surface area contributed by atoms with Crippen LogP contribution in [-0.2, 0) is 9.59 Å². The van der Waals surface area contributed by atoms with Crippen molar-refractivity contribution in [3.05, 3.63) is 29.8 Å². The molecule has 0 spiro atoms. The van der Waals surface area contributed by atoms with Crippen molar-refractivity contribution in [1.82, 2.24) is 10.6 Å². The first kappa shape index (κ1) is 10.2. The summed E-state index contributed by atoms with van der Waals surface area (Å²) in [5, 5.41) is 4.04. The van der Waals surface area contributed by atoms with Gasteiger partial charge in [-0.1, -0.05) is 18.2 Å². The van der Waals surface area contributed by atoms with E-state index < -0.39 is 23.8 Å². The van der Waals surface area contributed by atoms with Crippen LogP contribution < -0.4 is 16.4 Å². The molecule has 0 saturated carbocycles. The van der Waals surface area contributed by atoms with Gasteiger partial charge in [0.2, 0.25) is 11.8 Å². The lowest BCUT2D eigenvalue weighted by Gasteiger charge is -2.21. The third-order valence-electron chi connectivity index (χ3n) is 2.30.